The number of anilines is 2. The number of aliphatic hydroxyl groups is 1. The molecule has 0 saturated carbocycles. The van der Waals surface area contributed by atoms with Crippen LogP contribution in [-0.4, -0.2) is 31.2 Å². The summed E-state index contributed by atoms with van der Waals surface area (Å²) in [7, 11) is 1.89. The van der Waals surface area contributed by atoms with Crippen LogP contribution in [0.25, 0.3) is 0 Å². The van der Waals surface area contributed by atoms with Gasteiger partial charge in [-0.1, -0.05) is 25.1 Å². The fourth-order valence-corrected chi connectivity index (χ4v) is 2.55. The topological polar surface area (TPSA) is 52.6 Å². The summed E-state index contributed by atoms with van der Waals surface area (Å²) in [6, 6.07) is 13.9. The third-order valence-corrected chi connectivity index (χ3v) is 3.95. The average molecular weight is 330 g/mol. The van der Waals surface area contributed by atoms with Gasteiger partial charge in [0.25, 0.3) is 0 Å². The zero-order valence-electron chi connectivity index (χ0n) is 14.0. The molecule has 1 atom stereocenters. The first kappa shape index (κ1) is 17.9. The van der Waals surface area contributed by atoms with E-state index >= 15 is 0 Å². The minimum Gasteiger partial charge on any atom is -0.395 e. The molecule has 2 aromatic carbocycles. The van der Waals surface area contributed by atoms with Crippen molar-refractivity contribution >= 4 is 17.3 Å². The van der Waals surface area contributed by atoms with Crippen molar-refractivity contribution in [2.75, 3.05) is 30.4 Å². The van der Waals surface area contributed by atoms with Gasteiger partial charge in [0.1, 0.15) is 5.82 Å². The minimum atomic E-state index is -0.283. The van der Waals surface area contributed by atoms with Crippen molar-refractivity contribution in [1.29, 1.82) is 0 Å². The van der Waals surface area contributed by atoms with Crippen LogP contribution in [0.5, 0.6) is 0 Å². The standard InChI is InChI=1S/C19H23FN2O2/c1-14(17-5-3-4-6-18(17)20)13-19(24)21-15-7-9-16(10-8-15)22(2)11-12-23/h3-10,14,23H,11-13H2,1-2H3,(H,21,24). The zero-order chi connectivity index (χ0) is 17.5. The molecule has 0 spiro atoms. The Balaban J connectivity index is 1.94. The molecule has 0 radical (unpaired) electrons. The molecule has 0 heterocycles. The van der Waals surface area contributed by atoms with Gasteiger partial charge in [-0.05, 0) is 41.8 Å². The van der Waals surface area contributed by atoms with Crippen molar-refractivity contribution in [3.05, 3.63) is 59.9 Å². The monoisotopic (exact) mass is 330 g/mol. The summed E-state index contributed by atoms with van der Waals surface area (Å²) < 4.78 is 13.7. The van der Waals surface area contributed by atoms with Crippen molar-refractivity contribution in [3.8, 4) is 0 Å². The van der Waals surface area contributed by atoms with Crippen LogP contribution in [0, 0.1) is 5.82 Å². The maximum atomic E-state index is 13.7. The van der Waals surface area contributed by atoms with Crippen LogP contribution >= 0.6 is 0 Å². The largest absolute Gasteiger partial charge is 0.395 e. The molecule has 24 heavy (non-hydrogen) atoms. The van der Waals surface area contributed by atoms with E-state index in [1.807, 2.05) is 43.1 Å². The SMILES string of the molecule is CC(CC(=O)Nc1ccc(N(C)CCO)cc1)c1ccccc1F. The number of likely N-dealkylation sites (N-methyl/N-ethyl adjacent to an activating group) is 1. The van der Waals surface area contributed by atoms with Gasteiger partial charge in [-0.25, -0.2) is 4.39 Å². The molecule has 0 bridgehead atoms. The van der Waals surface area contributed by atoms with Crippen molar-refractivity contribution in [3.63, 3.8) is 0 Å². The fraction of sp³-hybridized carbons (Fsp3) is 0.316. The van der Waals surface area contributed by atoms with Gasteiger partial charge in [-0.15, -0.1) is 0 Å². The number of carbonyl (C=O) groups is 1. The molecule has 2 N–H and O–H groups in total. The number of benzene rings is 2. The van der Waals surface area contributed by atoms with Gasteiger partial charge in [0.15, 0.2) is 0 Å². The van der Waals surface area contributed by atoms with Crippen molar-refractivity contribution in [2.24, 2.45) is 0 Å². The average Bonchev–Trinajstić information content (AvgIpc) is 2.56. The maximum absolute atomic E-state index is 13.7. The Morgan fingerprint density at radius 3 is 2.50 bits per heavy atom. The van der Waals surface area contributed by atoms with Gasteiger partial charge >= 0.3 is 0 Å². The lowest BCUT2D eigenvalue weighted by atomic mass is 9.97. The quantitative estimate of drug-likeness (QED) is 0.818. The van der Waals surface area contributed by atoms with Gasteiger partial charge in [0.2, 0.25) is 5.91 Å². The zero-order valence-corrected chi connectivity index (χ0v) is 14.0. The summed E-state index contributed by atoms with van der Waals surface area (Å²) in [6.07, 6.45) is 0.215. The van der Waals surface area contributed by atoms with E-state index in [1.54, 1.807) is 18.2 Å². The number of nitrogens with zero attached hydrogens (tertiary/aromatic N) is 1. The Morgan fingerprint density at radius 2 is 1.88 bits per heavy atom. The summed E-state index contributed by atoms with van der Waals surface area (Å²) in [5.41, 5.74) is 2.21. The van der Waals surface area contributed by atoms with Crippen molar-refractivity contribution in [1.82, 2.24) is 0 Å². The molecular formula is C19H23FN2O2. The molecule has 0 aliphatic rings. The Bertz CT molecular complexity index is 673. The molecule has 0 aromatic heterocycles. The van der Waals surface area contributed by atoms with E-state index in [1.165, 1.54) is 6.07 Å². The molecule has 0 saturated heterocycles. The predicted octanol–water partition coefficient (Wildman–Crippen LogP) is 3.39. The summed E-state index contributed by atoms with van der Waals surface area (Å²) in [5.74, 6) is -0.627. The van der Waals surface area contributed by atoms with E-state index in [0.29, 0.717) is 17.8 Å². The van der Waals surface area contributed by atoms with Crippen LogP contribution in [0.1, 0.15) is 24.8 Å². The van der Waals surface area contributed by atoms with Crippen LogP contribution in [-0.2, 0) is 4.79 Å². The van der Waals surface area contributed by atoms with Crippen LogP contribution in [0.4, 0.5) is 15.8 Å². The highest BCUT2D eigenvalue weighted by molar-refractivity contribution is 5.91. The first-order valence-corrected chi connectivity index (χ1v) is 7.97. The summed E-state index contributed by atoms with van der Waals surface area (Å²) in [5, 5.41) is 11.8. The first-order valence-electron chi connectivity index (χ1n) is 7.97. The lowest BCUT2D eigenvalue weighted by Gasteiger charge is -2.18. The molecule has 128 valence electrons. The normalized spacial score (nSPS) is 11.8. The van der Waals surface area contributed by atoms with E-state index in [2.05, 4.69) is 5.32 Å². The second-order valence-electron chi connectivity index (χ2n) is 5.87. The van der Waals surface area contributed by atoms with Crippen molar-refractivity contribution in [2.45, 2.75) is 19.3 Å². The predicted molar refractivity (Wildman–Crippen MR) is 94.9 cm³/mol. The minimum absolute atomic E-state index is 0.0862. The Morgan fingerprint density at radius 1 is 1.21 bits per heavy atom. The number of halogens is 1. The number of rotatable bonds is 7. The van der Waals surface area contributed by atoms with E-state index in [-0.39, 0.29) is 30.7 Å². The smallest absolute Gasteiger partial charge is 0.224 e. The Kier molecular flexibility index (Phi) is 6.32. The Hall–Kier alpha value is -2.40. The molecule has 1 unspecified atom stereocenters. The number of hydrogen-bond acceptors (Lipinski definition) is 3. The van der Waals surface area contributed by atoms with Gasteiger partial charge in [-0.2, -0.15) is 0 Å². The number of nitrogens with one attached hydrogen (secondary N) is 1. The molecular weight excluding hydrogens is 307 g/mol. The maximum Gasteiger partial charge on any atom is 0.224 e. The fourth-order valence-electron chi connectivity index (χ4n) is 2.55. The number of carbonyl (C=O) groups excluding carboxylic acids is 1. The highest BCUT2D eigenvalue weighted by Crippen LogP contribution is 2.23. The van der Waals surface area contributed by atoms with Crippen LogP contribution in [0.15, 0.2) is 48.5 Å². The van der Waals surface area contributed by atoms with Gasteiger partial charge in [0.05, 0.1) is 6.61 Å². The number of hydrogen-bond donors (Lipinski definition) is 2. The van der Waals surface area contributed by atoms with Gasteiger partial charge in [0, 0.05) is 31.4 Å². The third-order valence-electron chi connectivity index (χ3n) is 3.95. The number of amides is 1. The van der Waals surface area contributed by atoms with E-state index in [0.717, 1.165) is 5.69 Å². The first-order chi connectivity index (χ1) is 11.5. The molecule has 2 rings (SSSR count). The van der Waals surface area contributed by atoms with Crippen LogP contribution < -0.4 is 10.2 Å². The lowest BCUT2D eigenvalue weighted by molar-refractivity contribution is -0.116. The van der Waals surface area contributed by atoms with Gasteiger partial charge < -0.3 is 15.3 Å². The van der Waals surface area contributed by atoms with Gasteiger partial charge in [-0.3, -0.25) is 4.79 Å². The molecule has 5 heteroatoms. The van der Waals surface area contributed by atoms with E-state index in [9.17, 15) is 9.18 Å². The highest BCUT2D eigenvalue weighted by atomic mass is 19.1. The van der Waals surface area contributed by atoms with Crippen molar-refractivity contribution < 1.29 is 14.3 Å². The van der Waals surface area contributed by atoms with E-state index in [4.69, 9.17) is 5.11 Å². The number of aliphatic hydroxyl groups excluding tert-OH is 1. The second-order valence-corrected chi connectivity index (χ2v) is 5.87. The Labute approximate surface area is 141 Å². The summed E-state index contributed by atoms with van der Waals surface area (Å²) in [6.45, 7) is 2.47. The van der Waals surface area contributed by atoms with Crippen LogP contribution in [0.3, 0.4) is 0 Å². The molecule has 0 aliphatic heterocycles. The third kappa shape index (κ3) is 4.80. The molecule has 1 amide bonds. The molecule has 2 aromatic rings. The molecule has 4 nitrogen and oxygen atoms in total. The summed E-state index contributed by atoms with van der Waals surface area (Å²) >= 11 is 0. The second kappa shape index (κ2) is 8.45. The van der Waals surface area contributed by atoms with E-state index < -0.39 is 0 Å². The molecule has 0 aliphatic carbocycles. The molecule has 0 fully saturated rings. The lowest BCUT2D eigenvalue weighted by Crippen LogP contribution is -2.21. The van der Waals surface area contributed by atoms with Crippen LogP contribution in [0.2, 0.25) is 0 Å². The summed E-state index contributed by atoms with van der Waals surface area (Å²) in [4.78, 5) is 14.1. The highest BCUT2D eigenvalue weighted by Gasteiger charge is 2.14.